The summed E-state index contributed by atoms with van der Waals surface area (Å²) in [5.41, 5.74) is -0.754. The van der Waals surface area contributed by atoms with Crippen LogP contribution in [0.4, 0.5) is 13.2 Å². The van der Waals surface area contributed by atoms with Gasteiger partial charge in [0.25, 0.3) is 0 Å². The Hall–Kier alpha value is -1.30. The monoisotopic (exact) mass is 246 g/mol. The molecule has 1 aromatic rings. The minimum absolute atomic E-state index is 0.0421. The molecule has 0 spiro atoms. The number of ether oxygens (including phenoxy) is 1. The highest BCUT2D eigenvalue weighted by Crippen LogP contribution is 2.29. The smallest absolute Gasteiger partial charge is 0.417 e. The molecular weight excluding hydrogens is 233 g/mol. The molecule has 1 fully saturated rings. The highest BCUT2D eigenvalue weighted by molar-refractivity contribution is 5.20. The van der Waals surface area contributed by atoms with Gasteiger partial charge in [0.2, 0.25) is 5.88 Å². The summed E-state index contributed by atoms with van der Waals surface area (Å²) in [6, 6.07) is 2.26. The molecule has 1 aliphatic rings. The van der Waals surface area contributed by atoms with Gasteiger partial charge in [0.05, 0.1) is 5.56 Å². The zero-order chi connectivity index (χ0) is 12.3. The summed E-state index contributed by atoms with van der Waals surface area (Å²) in [4.78, 5) is 3.68. The van der Waals surface area contributed by atoms with Gasteiger partial charge in [-0.1, -0.05) is 0 Å². The fourth-order valence-corrected chi connectivity index (χ4v) is 1.70. The molecule has 2 rings (SSSR count). The fraction of sp³-hybridized carbons (Fsp3) is 0.545. The number of aromatic nitrogens is 1. The number of nitrogens with one attached hydrogen (secondary N) is 1. The number of halogens is 3. The molecule has 0 aromatic carbocycles. The normalized spacial score (nSPS) is 18.1. The van der Waals surface area contributed by atoms with Crippen LogP contribution < -0.4 is 10.1 Å². The van der Waals surface area contributed by atoms with Crippen LogP contribution >= 0.6 is 0 Å². The third-order valence-electron chi connectivity index (χ3n) is 2.64. The van der Waals surface area contributed by atoms with E-state index in [1.165, 1.54) is 6.07 Å². The lowest BCUT2D eigenvalue weighted by Gasteiger charge is -2.23. The van der Waals surface area contributed by atoms with Crippen molar-refractivity contribution in [2.24, 2.45) is 0 Å². The Bertz CT molecular complexity index is 358. The molecule has 1 N–H and O–H groups in total. The molecule has 3 nitrogen and oxygen atoms in total. The van der Waals surface area contributed by atoms with E-state index in [9.17, 15) is 13.2 Å². The predicted molar refractivity (Wildman–Crippen MR) is 55.8 cm³/mol. The molecule has 6 heteroatoms. The van der Waals surface area contributed by atoms with Crippen molar-refractivity contribution in [1.29, 1.82) is 0 Å². The average molecular weight is 246 g/mol. The Kier molecular flexibility index (Phi) is 3.51. The second kappa shape index (κ2) is 4.91. The average Bonchev–Trinajstić information content (AvgIpc) is 2.30. The summed E-state index contributed by atoms with van der Waals surface area (Å²) in [5.74, 6) is 0.255. The zero-order valence-electron chi connectivity index (χ0n) is 9.13. The van der Waals surface area contributed by atoms with Crippen LogP contribution in [0.3, 0.4) is 0 Å². The van der Waals surface area contributed by atoms with E-state index in [0.717, 1.165) is 38.2 Å². The van der Waals surface area contributed by atoms with Gasteiger partial charge in [-0.3, -0.25) is 0 Å². The van der Waals surface area contributed by atoms with Crippen LogP contribution in [0.15, 0.2) is 18.3 Å². The van der Waals surface area contributed by atoms with Gasteiger partial charge in [-0.15, -0.1) is 0 Å². The van der Waals surface area contributed by atoms with Crippen molar-refractivity contribution in [3.8, 4) is 5.88 Å². The maximum Gasteiger partial charge on any atom is 0.417 e. The molecule has 2 heterocycles. The maximum atomic E-state index is 12.3. The van der Waals surface area contributed by atoms with Crippen LogP contribution in [-0.2, 0) is 6.18 Å². The summed E-state index contributed by atoms with van der Waals surface area (Å²) in [5, 5.41) is 3.18. The Labute approximate surface area is 97.0 Å². The number of nitrogens with zero attached hydrogens (tertiary/aromatic N) is 1. The van der Waals surface area contributed by atoms with Gasteiger partial charge >= 0.3 is 6.18 Å². The molecule has 0 saturated carbocycles. The van der Waals surface area contributed by atoms with E-state index in [1.54, 1.807) is 0 Å². The largest absolute Gasteiger partial charge is 0.474 e. The van der Waals surface area contributed by atoms with Gasteiger partial charge in [0.1, 0.15) is 6.10 Å². The number of alkyl halides is 3. The molecule has 0 aliphatic carbocycles. The zero-order valence-corrected chi connectivity index (χ0v) is 9.13. The molecule has 0 bridgehead atoms. The topological polar surface area (TPSA) is 34.1 Å². The van der Waals surface area contributed by atoms with E-state index in [2.05, 4.69) is 10.3 Å². The van der Waals surface area contributed by atoms with Crippen molar-refractivity contribution in [3.63, 3.8) is 0 Å². The van der Waals surface area contributed by atoms with E-state index in [0.29, 0.717) is 0 Å². The lowest BCUT2D eigenvalue weighted by atomic mass is 10.1. The van der Waals surface area contributed by atoms with Gasteiger partial charge in [0, 0.05) is 12.3 Å². The lowest BCUT2D eigenvalue weighted by Crippen LogP contribution is -2.34. The molecule has 0 amide bonds. The Morgan fingerprint density at radius 1 is 1.24 bits per heavy atom. The van der Waals surface area contributed by atoms with E-state index in [-0.39, 0.29) is 12.0 Å². The summed E-state index contributed by atoms with van der Waals surface area (Å²) in [6.45, 7) is 1.73. The first kappa shape index (κ1) is 12.2. The van der Waals surface area contributed by atoms with Crippen LogP contribution in [0, 0.1) is 0 Å². The Morgan fingerprint density at radius 3 is 2.47 bits per heavy atom. The van der Waals surface area contributed by atoms with Crippen LogP contribution in [0.5, 0.6) is 5.88 Å². The molecule has 17 heavy (non-hydrogen) atoms. The maximum absolute atomic E-state index is 12.3. The lowest BCUT2D eigenvalue weighted by molar-refractivity contribution is -0.137. The van der Waals surface area contributed by atoms with Gasteiger partial charge in [-0.25, -0.2) is 4.98 Å². The van der Waals surface area contributed by atoms with Crippen molar-refractivity contribution in [2.45, 2.75) is 25.1 Å². The molecular formula is C11H13F3N2O. The van der Waals surface area contributed by atoms with Crippen LogP contribution in [0.25, 0.3) is 0 Å². The first-order valence-electron chi connectivity index (χ1n) is 5.46. The number of hydrogen-bond donors (Lipinski definition) is 1. The quantitative estimate of drug-likeness (QED) is 0.868. The minimum Gasteiger partial charge on any atom is -0.474 e. The van der Waals surface area contributed by atoms with E-state index in [4.69, 9.17) is 4.74 Å². The predicted octanol–water partition coefficient (Wildman–Crippen LogP) is 2.23. The molecule has 0 radical (unpaired) electrons. The highest BCUT2D eigenvalue weighted by Gasteiger charge is 2.30. The minimum atomic E-state index is -4.35. The second-order valence-electron chi connectivity index (χ2n) is 3.95. The third-order valence-corrected chi connectivity index (χ3v) is 2.64. The summed E-state index contributed by atoms with van der Waals surface area (Å²) >= 11 is 0. The van der Waals surface area contributed by atoms with Crippen LogP contribution in [0.2, 0.25) is 0 Å². The van der Waals surface area contributed by atoms with Gasteiger partial charge in [-0.2, -0.15) is 13.2 Å². The Morgan fingerprint density at radius 2 is 1.94 bits per heavy atom. The number of piperidine rings is 1. The summed E-state index contributed by atoms with van der Waals surface area (Å²) in [6.07, 6.45) is -1.80. The highest BCUT2D eigenvalue weighted by atomic mass is 19.4. The van der Waals surface area contributed by atoms with Gasteiger partial charge in [0.15, 0.2) is 0 Å². The van der Waals surface area contributed by atoms with Crippen molar-refractivity contribution in [3.05, 3.63) is 23.9 Å². The summed E-state index contributed by atoms with van der Waals surface area (Å²) in [7, 11) is 0. The Balaban J connectivity index is 1.98. The first-order chi connectivity index (χ1) is 8.05. The molecule has 1 aromatic heterocycles. The SMILES string of the molecule is FC(F)(F)c1ccc(OC2CCNCC2)nc1. The van der Waals surface area contributed by atoms with Gasteiger partial charge < -0.3 is 10.1 Å². The summed E-state index contributed by atoms with van der Waals surface area (Å²) < 4.78 is 42.4. The van der Waals surface area contributed by atoms with Crippen LogP contribution in [-0.4, -0.2) is 24.2 Å². The van der Waals surface area contributed by atoms with E-state index >= 15 is 0 Å². The van der Waals surface area contributed by atoms with Crippen molar-refractivity contribution in [2.75, 3.05) is 13.1 Å². The molecule has 1 aliphatic heterocycles. The standard InChI is InChI=1S/C11H13F3N2O/c12-11(13,14)8-1-2-10(16-7-8)17-9-3-5-15-6-4-9/h1-2,7,9,15H,3-6H2. The fourth-order valence-electron chi connectivity index (χ4n) is 1.70. The molecule has 0 unspecified atom stereocenters. The van der Waals surface area contributed by atoms with Crippen molar-refractivity contribution < 1.29 is 17.9 Å². The number of hydrogen-bond acceptors (Lipinski definition) is 3. The number of pyridine rings is 1. The molecule has 94 valence electrons. The van der Waals surface area contributed by atoms with E-state index < -0.39 is 11.7 Å². The number of rotatable bonds is 2. The second-order valence-corrected chi connectivity index (χ2v) is 3.95. The molecule has 0 atom stereocenters. The van der Waals surface area contributed by atoms with E-state index in [1.807, 2.05) is 0 Å². The van der Waals surface area contributed by atoms with Crippen molar-refractivity contribution >= 4 is 0 Å². The first-order valence-corrected chi connectivity index (χ1v) is 5.46. The van der Waals surface area contributed by atoms with Crippen molar-refractivity contribution in [1.82, 2.24) is 10.3 Å². The molecule has 1 saturated heterocycles. The third kappa shape index (κ3) is 3.33. The van der Waals surface area contributed by atoms with Crippen LogP contribution in [0.1, 0.15) is 18.4 Å². The van der Waals surface area contributed by atoms with Gasteiger partial charge in [-0.05, 0) is 32.0 Å².